The highest BCUT2D eigenvalue weighted by atomic mass is 16.5. The highest BCUT2D eigenvalue weighted by Gasteiger charge is 2.37. The number of aryl methyl sites for hydroxylation is 1. The maximum absolute atomic E-state index is 11.9. The van der Waals surface area contributed by atoms with E-state index >= 15 is 0 Å². The van der Waals surface area contributed by atoms with E-state index in [0.29, 0.717) is 6.61 Å². The Morgan fingerprint density at radius 2 is 2.18 bits per heavy atom. The molecule has 0 bridgehead atoms. The fraction of sp³-hybridized carbons (Fsp3) is 0.750. The fourth-order valence-electron chi connectivity index (χ4n) is 2.17. The van der Waals surface area contributed by atoms with E-state index in [2.05, 4.69) is 14.8 Å². The number of hydrogen-bond donors (Lipinski definition) is 0. The molecule has 0 amide bonds. The van der Waals surface area contributed by atoms with Crippen LogP contribution in [-0.4, -0.2) is 27.3 Å². The van der Waals surface area contributed by atoms with Gasteiger partial charge in [-0.1, -0.05) is 0 Å². The van der Waals surface area contributed by atoms with Crippen LogP contribution in [0.4, 0.5) is 0 Å². The average Bonchev–Trinajstić information content (AvgIpc) is 2.73. The Balaban J connectivity index is 2.32. The van der Waals surface area contributed by atoms with E-state index in [1.54, 1.807) is 0 Å². The largest absolute Gasteiger partial charge is 0.465 e. The van der Waals surface area contributed by atoms with Gasteiger partial charge in [-0.15, -0.1) is 10.2 Å². The van der Waals surface area contributed by atoms with Gasteiger partial charge in [0.15, 0.2) is 0 Å². The summed E-state index contributed by atoms with van der Waals surface area (Å²) in [6, 6.07) is 0. The van der Waals surface area contributed by atoms with Gasteiger partial charge < -0.3 is 9.30 Å². The molecule has 1 aromatic heterocycles. The van der Waals surface area contributed by atoms with Crippen LogP contribution in [0, 0.1) is 0 Å². The third kappa shape index (κ3) is 2.06. The standard InChI is InChI=1S/C12H19N3O2/c1-4-17-11(16)12(2,3)10-14-13-9-7-5-6-8-15(9)10/h4-8H2,1-3H3. The van der Waals surface area contributed by atoms with Crippen LogP contribution in [0.15, 0.2) is 0 Å². The van der Waals surface area contributed by atoms with Crippen molar-refractivity contribution in [2.24, 2.45) is 0 Å². The first-order chi connectivity index (χ1) is 8.07. The Bertz CT molecular complexity index is 423. The van der Waals surface area contributed by atoms with Crippen molar-refractivity contribution in [2.45, 2.75) is 52.0 Å². The quantitative estimate of drug-likeness (QED) is 0.747. The molecule has 94 valence electrons. The molecule has 2 rings (SSSR count). The minimum absolute atomic E-state index is 0.235. The van der Waals surface area contributed by atoms with Gasteiger partial charge in [-0.25, -0.2) is 0 Å². The Kier molecular flexibility index (Phi) is 3.17. The lowest BCUT2D eigenvalue weighted by molar-refractivity contribution is -0.149. The predicted octanol–water partition coefficient (Wildman–Crippen LogP) is 1.46. The Morgan fingerprint density at radius 1 is 1.41 bits per heavy atom. The summed E-state index contributed by atoms with van der Waals surface area (Å²) in [4.78, 5) is 11.9. The second kappa shape index (κ2) is 4.47. The number of nitrogens with zero attached hydrogens (tertiary/aromatic N) is 3. The van der Waals surface area contributed by atoms with Crippen LogP contribution in [0.2, 0.25) is 0 Å². The third-order valence-corrected chi connectivity index (χ3v) is 3.20. The molecule has 0 atom stereocenters. The van der Waals surface area contributed by atoms with E-state index in [0.717, 1.165) is 37.5 Å². The zero-order valence-corrected chi connectivity index (χ0v) is 10.7. The molecule has 0 N–H and O–H groups in total. The molecule has 1 aromatic rings. The maximum Gasteiger partial charge on any atom is 0.319 e. The molecule has 0 aliphatic carbocycles. The number of carbonyl (C=O) groups excluding carboxylic acids is 1. The number of fused-ring (bicyclic) bond motifs is 1. The van der Waals surface area contributed by atoms with Gasteiger partial charge in [-0.2, -0.15) is 0 Å². The number of hydrogen-bond acceptors (Lipinski definition) is 4. The van der Waals surface area contributed by atoms with Gasteiger partial charge in [0.25, 0.3) is 0 Å². The van der Waals surface area contributed by atoms with Crippen LogP contribution in [0.25, 0.3) is 0 Å². The zero-order valence-electron chi connectivity index (χ0n) is 10.7. The smallest absolute Gasteiger partial charge is 0.319 e. The summed E-state index contributed by atoms with van der Waals surface area (Å²) in [5.41, 5.74) is -0.724. The predicted molar refractivity (Wildman–Crippen MR) is 62.6 cm³/mol. The minimum atomic E-state index is -0.724. The van der Waals surface area contributed by atoms with E-state index in [4.69, 9.17) is 4.74 Å². The van der Waals surface area contributed by atoms with Crippen molar-refractivity contribution >= 4 is 5.97 Å². The highest BCUT2D eigenvalue weighted by molar-refractivity contribution is 5.81. The first-order valence-corrected chi connectivity index (χ1v) is 6.17. The Labute approximate surface area is 101 Å². The minimum Gasteiger partial charge on any atom is -0.465 e. The number of carbonyl (C=O) groups is 1. The fourth-order valence-corrected chi connectivity index (χ4v) is 2.17. The van der Waals surface area contributed by atoms with E-state index in [-0.39, 0.29) is 5.97 Å². The van der Waals surface area contributed by atoms with Crippen molar-refractivity contribution in [3.05, 3.63) is 11.6 Å². The van der Waals surface area contributed by atoms with Crippen LogP contribution in [0.3, 0.4) is 0 Å². The number of aromatic nitrogens is 3. The molecule has 0 fully saturated rings. The zero-order chi connectivity index (χ0) is 12.5. The molecule has 1 aliphatic rings. The molecule has 0 saturated heterocycles. The van der Waals surface area contributed by atoms with Gasteiger partial charge >= 0.3 is 5.97 Å². The van der Waals surface area contributed by atoms with Crippen molar-refractivity contribution in [1.82, 2.24) is 14.8 Å². The summed E-state index contributed by atoms with van der Waals surface area (Å²) >= 11 is 0. The van der Waals surface area contributed by atoms with Crippen LogP contribution in [0.5, 0.6) is 0 Å². The van der Waals surface area contributed by atoms with Gasteiger partial charge in [-0.05, 0) is 33.6 Å². The van der Waals surface area contributed by atoms with Crippen molar-refractivity contribution in [3.8, 4) is 0 Å². The first kappa shape index (κ1) is 12.1. The van der Waals surface area contributed by atoms with Crippen molar-refractivity contribution < 1.29 is 9.53 Å². The molecule has 0 radical (unpaired) electrons. The van der Waals surface area contributed by atoms with Crippen LogP contribution in [-0.2, 0) is 27.9 Å². The monoisotopic (exact) mass is 237 g/mol. The molecular formula is C12H19N3O2. The molecule has 0 unspecified atom stereocenters. The molecular weight excluding hydrogens is 218 g/mol. The van der Waals surface area contributed by atoms with Crippen LogP contribution in [0.1, 0.15) is 45.3 Å². The normalized spacial score (nSPS) is 15.5. The van der Waals surface area contributed by atoms with E-state index in [9.17, 15) is 4.79 Å². The Morgan fingerprint density at radius 3 is 2.88 bits per heavy atom. The van der Waals surface area contributed by atoms with Crippen molar-refractivity contribution in [3.63, 3.8) is 0 Å². The molecule has 0 saturated carbocycles. The summed E-state index contributed by atoms with van der Waals surface area (Å²) in [7, 11) is 0. The molecule has 5 nitrogen and oxygen atoms in total. The van der Waals surface area contributed by atoms with Gasteiger partial charge in [0.2, 0.25) is 0 Å². The van der Waals surface area contributed by atoms with Crippen LogP contribution < -0.4 is 0 Å². The number of esters is 1. The third-order valence-electron chi connectivity index (χ3n) is 3.20. The van der Waals surface area contributed by atoms with E-state index in [1.165, 1.54) is 0 Å². The lowest BCUT2D eigenvalue weighted by Crippen LogP contribution is -2.35. The number of rotatable bonds is 3. The second-order valence-electron chi connectivity index (χ2n) is 4.89. The molecule has 0 spiro atoms. The summed E-state index contributed by atoms with van der Waals surface area (Å²) in [5, 5.41) is 8.36. The van der Waals surface area contributed by atoms with Crippen LogP contribution >= 0.6 is 0 Å². The first-order valence-electron chi connectivity index (χ1n) is 6.17. The summed E-state index contributed by atoms with van der Waals surface area (Å²) < 4.78 is 7.17. The topological polar surface area (TPSA) is 57.0 Å². The van der Waals surface area contributed by atoms with Gasteiger partial charge in [-0.3, -0.25) is 4.79 Å². The molecule has 5 heteroatoms. The van der Waals surface area contributed by atoms with Gasteiger partial charge in [0.05, 0.1) is 6.61 Å². The molecule has 1 aliphatic heterocycles. The van der Waals surface area contributed by atoms with E-state index < -0.39 is 5.41 Å². The molecule has 0 aromatic carbocycles. The molecule has 17 heavy (non-hydrogen) atoms. The SMILES string of the molecule is CCOC(=O)C(C)(C)c1nnc2n1CCCC2. The van der Waals surface area contributed by atoms with Crippen molar-refractivity contribution in [1.29, 1.82) is 0 Å². The summed E-state index contributed by atoms with van der Waals surface area (Å²) in [6.07, 6.45) is 3.22. The lowest BCUT2D eigenvalue weighted by Gasteiger charge is -2.24. The maximum atomic E-state index is 11.9. The number of ether oxygens (including phenoxy) is 1. The lowest BCUT2D eigenvalue weighted by atomic mass is 9.92. The second-order valence-corrected chi connectivity index (χ2v) is 4.89. The van der Waals surface area contributed by atoms with E-state index in [1.807, 2.05) is 20.8 Å². The average molecular weight is 237 g/mol. The van der Waals surface area contributed by atoms with Crippen molar-refractivity contribution in [2.75, 3.05) is 6.61 Å². The Hall–Kier alpha value is -1.39. The van der Waals surface area contributed by atoms with Gasteiger partial charge in [0.1, 0.15) is 17.1 Å². The highest BCUT2D eigenvalue weighted by Crippen LogP contribution is 2.26. The summed E-state index contributed by atoms with van der Waals surface area (Å²) in [5.74, 6) is 1.48. The molecule has 2 heterocycles. The van der Waals surface area contributed by atoms with Gasteiger partial charge in [0, 0.05) is 13.0 Å². The summed E-state index contributed by atoms with van der Waals surface area (Å²) in [6.45, 7) is 6.80.